The Kier molecular flexibility index (Phi) is 4.61. The summed E-state index contributed by atoms with van der Waals surface area (Å²) in [6, 6.07) is 5.50. The highest BCUT2D eigenvalue weighted by Gasteiger charge is 2.26. The molecular formula is C15H20N2O3. The van der Waals surface area contributed by atoms with Crippen molar-refractivity contribution in [2.24, 2.45) is 0 Å². The molecule has 0 saturated carbocycles. The number of methoxy groups -OCH3 is 1. The van der Waals surface area contributed by atoms with Crippen molar-refractivity contribution in [3.63, 3.8) is 0 Å². The molecule has 5 nitrogen and oxygen atoms in total. The van der Waals surface area contributed by atoms with E-state index >= 15 is 0 Å². The first-order valence-corrected chi connectivity index (χ1v) is 6.87. The zero-order valence-electron chi connectivity index (χ0n) is 11.9. The van der Waals surface area contributed by atoms with E-state index in [0.717, 1.165) is 23.3 Å². The molecule has 2 N–H and O–H groups in total. The molecule has 0 aliphatic carbocycles. The molecule has 108 valence electrons. The Hall–Kier alpha value is -2.04. The third-order valence-corrected chi connectivity index (χ3v) is 3.50. The largest absolute Gasteiger partial charge is 0.496 e. The van der Waals surface area contributed by atoms with Gasteiger partial charge in [-0.3, -0.25) is 9.59 Å². The average molecular weight is 276 g/mol. The molecule has 1 aromatic carbocycles. The summed E-state index contributed by atoms with van der Waals surface area (Å²) in [5.41, 5.74) is 2.15. The van der Waals surface area contributed by atoms with Crippen molar-refractivity contribution in [2.45, 2.75) is 38.8 Å². The monoisotopic (exact) mass is 276 g/mol. The van der Waals surface area contributed by atoms with Gasteiger partial charge >= 0.3 is 0 Å². The van der Waals surface area contributed by atoms with Crippen LogP contribution in [0.3, 0.4) is 0 Å². The van der Waals surface area contributed by atoms with E-state index in [4.69, 9.17) is 4.74 Å². The van der Waals surface area contributed by atoms with Gasteiger partial charge in [0.05, 0.1) is 7.11 Å². The second-order valence-electron chi connectivity index (χ2n) is 4.88. The molecule has 1 saturated heterocycles. The van der Waals surface area contributed by atoms with Crippen LogP contribution in [-0.4, -0.2) is 25.0 Å². The third-order valence-electron chi connectivity index (χ3n) is 3.50. The van der Waals surface area contributed by atoms with E-state index in [-0.39, 0.29) is 17.9 Å². The van der Waals surface area contributed by atoms with E-state index in [1.54, 1.807) is 7.11 Å². The molecule has 1 atom stereocenters. The van der Waals surface area contributed by atoms with Crippen LogP contribution >= 0.6 is 0 Å². The van der Waals surface area contributed by atoms with Crippen LogP contribution in [0.4, 0.5) is 0 Å². The summed E-state index contributed by atoms with van der Waals surface area (Å²) < 4.78 is 5.28. The number of aryl methyl sites for hydroxylation is 1. The first-order chi connectivity index (χ1) is 9.63. The highest BCUT2D eigenvalue weighted by Crippen LogP contribution is 2.20. The third kappa shape index (κ3) is 3.29. The van der Waals surface area contributed by atoms with Crippen LogP contribution in [0.15, 0.2) is 18.2 Å². The number of ether oxygens (including phenoxy) is 1. The first kappa shape index (κ1) is 14.4. The van der Waals surface area contributed by atoms with Crippen molar-refractivity contribution < 1.29 is 14.3 Å². The maximum Gasteiger partial charge on any atom is 0.242 e. The fourth-order valence-corrected chi connectivity index (χ4v) is 2.34. The summed E-state index contributed by atoms with van der Waals surface area (Å²) in [7, 11) is 1.65. The molecule has 1 fully saturated rings. The average Bonchev–Trinajstić information content (AvgIpc) is 2.91. The predicted molar refractivity (Wildman–Crippen MR) is 75.4 cm³/mol. The van der Waals surface area contributed by atoms with Gasteiger partial charge in [0.2, 0.25) is 11.8 Å². The van der Waals surface area contributed by atoms with E-state index in [1.165, 1.54) is 0 Å². The number of carbonyl (C=O) groups excluding carboxylic acids is 2. The molecule has 2 rings (SSSR count). The second-order valence-corrected chi connectivity index (χ2v) is 4.88. The van der Waals surface area contributed by atoms with Crippen LogP contribution in [0.25, 0.3) is 0 Å². The van der Waals surface area contributed by atoms with Crippen LogP contribution in [0, 0.1) is 0 Å². The summed E-state index contributed by atoms with van der Waals surface area (Å²) in [6.45, 7) is 2.52. The molecule has 1 aromatic rings. The van der Waals surface area contributed by atoms with Gasteiger partial charge in [-0.05, 0) is 30.0 Å². The number of carbonyl (C=O) groups is 2. The van der Waals surface area contributed by atoms with Gasteiger partial charge in [0.1, 0.15) is 11.8 Å². The van der Waals surface area contributed by atoms with Crippen molar-refractivity contribution in [3.8, 4) is 5.75 Å². The summed E-state index contributed by atoms with van der Waals surface area (Å²) >= 11 is 0. The standard InChI is InChI=1S/C15H20N2O3/c1-3-11-8-10(4-6-13(11)20-2)9-16-15(19)12-5-7-14(18)17-12/h4,6,8,12H,3,5,7,9H2,1-2H3,(H,16,19)(H,17,18). The Balaban J connectivity index is 1.93. The van der Waals surface area contributed by atoms with Crippen molar-refractivity contribution in [3.05, 3.63) is 29.3 Å². The molecule has 1 aliphatic rings. The fraction of sp³-hybridized carbons (Fsp3) is 0.467. The zero-order valence-corrected chi connectivity index (χ0v) is 11.9. The number of benzene rings is 1. The fourth-order valence-electron chi connectivity index (χ4n) is 2.34. The minimum atomic E-state index is -0.383. The number of hydrogen-bond donors (Lipinski definition) is 2. The molecule has 1 aliphatic heterocycles. The molecule has 0 aromatic heterocycles. The van der Waals surface area contributed by atoms with Gasteiger partial charge in [-0.2, -0.15) is 0 Å². The minimum absolute atomic E-state index is 0.0529. The highest BCUT2D eigenvalue weighted by molar-refractivity contribution is 5.90. The van der Waals surface area contributed by atoms with E-state index in [1.807, 2.05) is 18.2 Å². The lowest BCUT2D eigenvalue weighted by atomic mass is 10.1. The van der Waals surface area contributed by atoms with Crippen LogP contribution < -0.4 is 15.4 Å². The van der Waals surface area contributed by atoms with Crippen molar-refractivity contribution in [1.82, 2.24) is 10.6 Å². The van der Waals surface area contributed by atoms with Crippen LogP contribution in [0.5, 0.6) is 5.75 Å². The van der Waals surface area contributed by atoms with Crippen molar-refractivity contribution >= 4 is 11.8 Å². The number of rotatable bonds is 5. The van der Waals surface area contributed by atoms with Gasteiger partial charge in [0.15, 0.2) is 0 Å². The number of amides is 2. The lowest BCUT2D eigenvalue weighted by Crippen LogP contribution is -2.41. The summed E-state index contributed by atoms with van der Waals surface area (Å²) in [5.74, 6) is 0.693. The van der Waals surface area contributed by atoms with Gasteiger partial charge in [-0.15, -0.1) is 0 Å². The van der Waals surface area contributed by atoms with Crippen molar-refractivity contribution in [1.29, 1.82) is 0 Å². The van der Waals surface area contributed by atoms with E-state index in [9.17, 15) is 9.59 Å². The van der Waals surface area contributed by atoms with Crippen LogP contribution in [-0.2, 0) is 22.6 Å². The minimum Gasteiger partial charge on any atom is -0.496 e. The Bertz CT molecular complexity index is 514. The van der Waals surface area contributed by atoms with Gasteiger partial charge < -0.3 is 15.4 Å². The maximum absolute atomic E-state index is 11.9. The predicted octanol–water partition coefficient (Wildman–Crippen LogP) is 1.15. The van der Waals surface area contributed by atoms with Crippen molar-refractivity contribution in [2.75, 3.05) is 7.11 Å². The lowest BCUT2D eigenvalue weighted by Gasteiger charge is -2.12. The van der Waals surface area contributed by atoms with Gasteiger partial charge in [0.25, 0.3) is 0 Å². The summed E-state index contributed by atoms with van der Waals surface area (Å²) in [4.78, 5) is 23.0. The lowest BCUT2D eigenvalue weighted by molar-refractivity contribution is -0.125. The normalized spacial score (nSPS) is 17.7. The molecule has 20 heavy (non-hydrogen) atoms. The molecule has 2 amide bonds. The van der Waals surface area contributed by atoms with E-state index < -0.39 is 0 Å². The molecule has 0 bridgehead atoms. The van der Waals surface area contributed by atoms with Crippen LogP contribution in [0.1, 0.15) is 30.9 Å². The van der Waals surface area contributed by atoms with E-state index in [2.05, 4.69) is 17.6 Å². The topological polar surface area (TPSA) is 67.4 Å². The molecule has 5 heteroatoms. The molecule has 1 unspecified atom stereocenters. The molecule has 0 radical (unpaired) electrons. The quantitative estimate of drug-likeness (QED) is 0.848. The van der Waals surface area contributed by atoms with Gasteiger partial charge in [0, 0.05) is 13.0 Å². The SMILES string of the molecule is CCc1cc(CNC(=O)C2CCC(=O)N2)ccc1OC. The summed E-state index contributed by atoms with van der Waals surface area (Å²) in [6.07, 6.45) is 1.89. The highest BCUT2D eigenvalue weighted by atomic mass is 16.5. The Morgan fingerprint density at radius 1 is 1.50 bits per heavy atom. The van der Waals surface area contributed by atoms with Gasteiger partial charge in [-0.1, -0.05) is 19.1 Å². The number of hydrogen-bond acceptors (Lipinski definition) is 3. The molecule has 0 spiro atoms. The smallest absolute Gasteiger partial charge is 0.242 e. The molecule has 1 heterocycles. The first-order valence-electron chi connectivity index (χ1n) is 6.87. The molecular weight excluding hydrogens is 256 g/mol. The zero-order chi connectivity index (χ0) is 14.5. The van der Waals surface area contributed by atoms with Crippen LogP contribution in [0.2, 0.25) is 0 Å². The van der Waals surface area contributed by atoms with E-state index in [0.29, 0.717) is 19.4 Å². The second kappa shape index (κ2) is 6.41. The van der Waals surface area contributed by atoms with Gasteiger partial charge in [-0.25, -0.2) is 0 Å². The number of nitrogens with one attached hydrogen (secondary N) is 2. The summed E-state index contributed by atoms with van der Waals surface area (Å²) in [5, 5.41) is 5.52. The Morgan fingerprint density at radius 3 is 2.90 bits per heavy atom. The Morgan fingerprint density at radius 2 is 2.30 bits per heavy atom. The maximum atomic E-state index is 11.9. The Labute approximate surface area is 118 Å².